The van der Waals surface area contributed by atoms with Crippen molar-refractivity contribution < 1.29 is 9.47 Å². The third kappa shape index (κ3) is 2.05. The molecule has 0 aliphatic heterocycles. The average molecular weight is 303 g/mol. The first kappa shape index (κ1) is 13.7. The van der Waals surface area contributed by atoms with Crippen molar-refractivity contribution in [2.75, 3.05) is 14.2 Å². The van der Waals surface area contributed by atoms with Crippen molar-refractivity contribution in [1.82, 2.24) is 4.57 Å². The SMILES string of the molecule is COc1ccc(OC)c(-n2c3ccccc3c3ccccc32)c1. The van der Waals surface area contributed by atoms with Crippen molar-refractivity contribution >= 4 is 21.8 Å². The normalized spacial score (nSPS) is 11.0. The molecule has 0 radical (unpaired) electrons. The highest BCUT2D eigenvalue weighted by molar-refractivity contribution is 6.09. The number of benzene rings is 3. The van der Waals surface area contributed by atoms with Crippen LogP contribution in [0.3, 0.4) is 0 Å². The van der Waals surface area contributed by atoms with Gasteiger partial charge in [-0.2, -0.15) is 0 Å². The Labute approximate surface area is 134 Å². The van der Waals surface area contributed by atoms with Crippen LogP contribution in [0, 0.1) is 0 Å². The summed E-state index contributed by atoms with van der Waals surface area (Å²) in [6.07, 6.45) is 0. The summed E-state index contributed by atoms with van der Waals surface area (Å²) in [4.78, 5) is 0. The van der Waals surface area contributed by atoms with E-state index in [1.54, 1.807) is 14.2 Å². The smallest absolute Gasteiger partial charge is 0.143 e. The Bertz CT molecular complexity index is 948. The van der Waals surface area contributed by atoms with E-state index in [0.29, 0.717) is 0 Å². The second kappa shape index (κ2) is 5.36. The summed E-state index contributed by atoms with van der Waals surface area (Å²) in [6, 6.07) is 22.7. The quantitative estimate of drug-likeness (QED) is 0.542. The highest BCUT2D eigenvalue weighted by atomic mass is 16.5. The minimum absolute atomic E-state index is 0.808. The van der Waals surface area contributed by atoms with Crippen LogP contribution >= 0.6 is 0 Å². The van der Waals surface area contributed by atoms with Crippen LogP contribution < -0.4 is 9.47 Å². The highest BCUT2D eigenvalue weighted by Crippen LogP contribution is 2.36. The standard InChI is InChI=1S/C20H17NO2/c1-22-14-11-12-20(23-2)19(13-14)21-17-9-5-3-7-15(17)16-8-4-6-10-18(16)21/h3-13H,1-2H3. The Morgan fingerprint density at radius 1 is 0.696 bits per heavy atom. The van der Waals surface area contributed by atoms with Gasteiger partial charge in [0.05, 0.1) is 30.9 Å². The van der Waals surface area contributed by atoms with Crippen LogP contribution in [0.5, 0.6) is 11.5 Å². The number of methoxy groups -OCH3 is 2. The maximum absolute atomic E-state index is 5.59. The Balaban J connectivity index is 2.16. The van der Waals surface area contributed by atoms with Crippen LogP contribution in [0.2, 0.25) is 0 Å². The lowest BCUT2D eigenvalue weighted by molar-refractivity contribution is 0.402. The van der Waals surface area contributed by atoms with Crippen LogP contribution in [-0.2, 0) is 0 Å². The van der Waals surface area contributed by atoms with Gasteiger partial charge in [0.1, 0.15) is 11.5 Å². The van der Waals surface area contributed by atoms with Crippen molar-refractivity contribution in [3.63, 3.8) is 0 Å². The number of hydrogen-bond acceptors (Lipinski definition) is 2. The molecule has 0 spiro atoms. The summed E-state index contributed by atoms with van der Waals surface area (Å²) in [6.45, 7) is 0. The van der Waals surface area contributed by atoms with Crippen LogP contribution in [-0.4, -0.2) is 18.8 Å². The summed E-state index contributed by atoms with van der Waals surface area (Å²) in [5, 5.41) is 2.46. The zero-order chi connectivity index (χ0) is 15.8. The molecule has 23 heavy (non-hydrogen) atoms. The van der Waals surface area contributed by atoms with E-state index in [9.17, 15) is 0 Å². The fourth-order valence-corrected chi connectivity index (χ4v) is 3.15. The van der Waals surface area contributed by atoms with Crippen LogP contribution in [0.25, 0.3) is 27.5 Å². The lowest BCUT2D eigenvalue weighted by atomic mass is 10.2. The Morgan fingerprint density at radius 3 is 1.87 bits per heavy atom. The molecule has 0 unspecified atom stereocenters. The lowest BCUT2D eigenvalue weighted by Crippen LogP contribution is -1.98. The van der Waals surface area contributed by atoms with Gasteiger partial charge in [0.2, 0.25) is 0 Å². The van der Waals surface area contributed by atoms with Gasteiger partial charge in [0.25, 0.3) is 0 Å². The molecule has 3 heteroatoms. The maximum atomic E-state index is 5.59. The topological polar surface area (TPSA) is 23.4 Å². The largest absolute Gasteiger partial charge is 0.497 e. The first-order chi connectivity index (χ1) is 11.3. The van der Waals surface area contributed by atoms with Gasteiger partial charge in [0, 0.05) is 16.8 Å². The predicted octanol–water partition coefficient (Wildman–Crippen LogP) is 4.80. The molecule has 0 saturated carbocycles. The van der Waals surface area contributed by atoms with Gasteiger partial charge in [-0.25, -0.2) is 0 Å². The van der Waals surface area contributed by atoms with Crippen LogP contribution in [0.4, 0.5) is 0 Å². The molecule has 1 heterocycles. The third-order valence-electron chi connectivity index (χ3n) is 4.21. The number of nitrogens with zero attached hydrogens (tertiary/aromatic N) is 1. The first-order valence-electron chi connectivity index (χ1n) is 7.54. The maximum Gasteiger partial charge on any atom is 0.143 e. The summed E-state index contributed by atoms with van der Waals surface area (Å²) in [5.74, 6) is 1.62. The van der Waals surface area contributed by atoms with Crippen LogP contribution in [0.1, 0.15) is 0 Å². The van der Waals surface area contributed by atoms with E-state index in [4.69, 9.17) is 9.47 Å². The van der Waals surface area contributed by atoms with Crippen molar-refractivity contribution in [3.8, 4) is 17.2 Å². The van der Waals surface area contributed by atoms with Crippen LogP contribution in [0.15, 0.2) is 66.7 Å². The Hall–Kier alpha value is -2.94. The molecular formula is C20H17NO2. The van der Waals surface area contributed by atoms with Crippen molar-refractivity contribution in [2.24, 2.45) is 0 Å². The third-order valence-corrected chi connectivity index (χ3v) is 4.21. The van der Waals surface area contributed by atoms with Gasteiger partial charge in [-0.1, -0.05) is 36.4 Å². The van der Waals surface area contributed by atoms with Gasteiger partial charge in [-0.3, -0.25) is 0 Å². The zero-order valence-electron chi connectivity index (χ0n) is 13.1. The molecule has 0 amide bonds. The molecule has 0 fully saturated rings. The first-order valence-corrected chi connectivity index (χ1v) is 7.54. The molecule has 0 N–H and O–H groups in total. The van der Waals surface area contributed by atoms with E-state index < -0.39 is 0 Å². The van der Waals surface area contributed by atoms with Gasteiger partial charge in [-0.05, 0) is 24.3 Å². The summed E-state index contributed by atoms with van der Waals surface area (Å²) in [5.41, 5.74) is 3.28. The number of para-hydroxylation sites is 2. The second-order valence-electron chi connectivity index (χ2n) is 5.41. The molecule has 3 nitrogen and oxygen atoms in total. The number of aromatic nitrogens is 1. The fraction of sp³-hybridized carbons (Fsp3) is 0.100. The minimum Gasteiger partial charge on any atom is -0.497 e. The summed E-state index contributed by atoms with van der Waals surface area (Å²) >= 11 is 0. The molecular weight excluding hydrogens is 286 g/mol. The van der Waals surface area contributed by atoms with E-state index in [0.717, 1.165) is 28.2 Å². The molecule has 1 aromatic heterocycles. The number of hydrogen-bond donors (Lipinski definition) is 0. The summed E-state index contributed by atoms with van der Waals surface area (Å²) in [7, 11) is 3.37. The zero-order valence-corrected chi connectivity index (χ0v) is 13.1. The predicted molar refractivity (Wildman–Crippen MR) is 93.9 cm³/mol. The van der Waals surface area contributed by atoms with E-state index in [2.05, 4.69) is 53.1 Å². The lowest BCUT2D eigenvalue weighted by Gasteiger charge is -2.14. The monoisotopic (exact) mass is 303 g/mol. The van der Waals surface area contributed by atoms with E-state index in [1.807, 2.05) is 18.2 Å². The molecule has 0 aliphatic rings. The number of fused-ring (bicyclic) bond motifs is 3. The van der Waals surface area contributed by atoms with Gasteiger partial charge in [-0.15, -0.1) is 0 Å². The molecule has 0 bridgehead atoms. The summed E-state index contributed by atoms with van der Waals surface area (Å²) < 4.78 is 13.2. The van der Waals surface area contributed by atoms with E-state index in [1.165, 1.54) is 10.8 Å². The molecule has 4 rings (SSSR count). The number of rotatable bonds is 3. The van der Waals surface area contributed by atoms with Crippen molar-refractivity contribution in [3.05, 3.63) is 66.7 Å². The molecule has 114 valence electrons. The van der Waals surface area contributed by atoms with Crippen molar-refractivity contribution in [1.29, 1.82) is 0 Å². The van der Waals surface area contributed by atoms with Gasteiger partial charge < -0.3 is 14.0 Å². The van der Waals surface area contributed by atoms with E-state index in [-0.39, 0.29) is 0 Å². The number of ether oxygens (including phenoxy) is 2. The Morgan fingerprint density at radius 2 is 1.30 bits per heavy atom. The molecule has 4 aromatic rings. The molecule has 3 aromatic carbocycles. The Kier molecular flexibility index (Phi) is 3.19. The van der Waals surface area contributed by atoms with Crippen molar-refractivity contribution in [2.45, 2.75) is 0 Å². The second-order valence-corrected chi connectivity index (χ2v) is 5.41. The van der Waals surface area contributed by atoms with Gasteiger partial charge in [0.15, 0.2) is 0 Å². The molecule has 0 atom stereocenters. The minimum atomic E-state index is 0.808. The van der Waals surface area contributed by atoms with E-state index >= 15 is 0 Å². The highest BCUT2D eigenvalue weighted by Gasteiger charge is 2.15. The average Bonchev–Trinajstić information content (AvgIpc) is 2.95. The fourth-order valence-electron chi connectivity index (χ4n) is 3.15. The molecule has 0 saturated heterocycles. The molecule has 0 aliphatic carbocycles. The van der Waals surface area contributed by atoms with Gasteiger partial charge >= 0.3 is 0 Å².